The summed E-state index contributed by atoms with van der Waals surface area (Å²) in [4.78, 5) is 8.03. The van der Waals surface area contributed by atoms with Crippen molar-refractivity contribution >= 4 is 5.82 Å². The molecule has 0 amide bonds. The van der Waals surface area contributed by atoms with E-state index in [9.17, 15) is 13.2 Å². The summed E-state index contributed by atoms with van der Waals surface area (Å²) in [6.45, 7) is 6.38. The Kier molecular flexibility index (Phi) is 5.05. The molecular formula is C14H21F3N4. The zero-order valence-corrected chi connectivity index (χ0v) is 12.2. The highest BCUT2D eigenvalue weighted by Gasteiger charge is 2.33. The van der Waals surface area contributed by atoms with E-state index >= 15 is 0 Å². The topological polar surface area (TPSA) is 45.4 Å². The maximum Gasteiger partial charge on any atom is 0.433 e. The molecule has 1 saturated heterocycles. The van der Waals surface area contributed by atoms with Gasteiger partial charge in [0.05, 0.1) is 0 Å². The van der Waals surface area contributed by atoms with Crippen molar-refractivity contribution in [2.24, 2.45) is 5.73 Å². The van der Waals surface area contributed by atoms with Crippen LogP contribution in [0.2, 0.25) is 0 Å². The van der Waals surface area contributed by atoms with Gasteiger partial charge in [0.2, 0.25) is 0 Å². The molecule has 1 aromatic heterocycles. The number of pyridine rings is 1. The standard InChI is InChI=1S/C14H21F3N4/c1-2-5-20-6-8-21(9-7-20)13-11(10-18)3-4-12(19-13)14(15,16)17/h3-4H,2,5-10,18H2,1H3. The van der Waals surface area contributed by atoms with E-state index in [4.69, 9.17) is 5.73 Å². The first-order valence-corrected chi connectivity index (χ1v) is 7.20. The minimum Gasteiger partial charge on any atom is -0.354 e. The number of anilines is 1. The van der Waals surface area contributed by atoms with Crippen molar-refractivity contribution < 1.29 is 13.2 Å². The molecule has 1 aromatic rings. The van der Waals surface area contributed by atoms with Crippen LogP contribution in [0.4, 0.5) is 19.0 Å². The first-order chi connectivity index (χ1) is 9.95. The van der Waals surface area contributed by atoms with Crippen LogP contribution < -0.4 is 10.6 Å². The normalized spacial score (nSPS) is 17.3. The van der Waals surface area contributed by atoms with Crippen LogP contribution in [-0.4, -0.2) is 42.6 Å². The van der Waals surface area contributed by atoms with E-state index < -0.39 is 11.9 Å². The molecule has 21 heavy (non-hydrogen) atoms. The predicted molar refractivity (Wildman–Crippen MR) is 76.1 cm³/mol. The number of hydrogen-bond acceptors (Lipinski definition) is 4. The monoisotopic (exact) mass is 302 g/mol. The second-order valence-electron chi connectivity index (χ2n) is 5.21. The maximum atomic E-state index is 12.8. The number of halogens is 3. The van der Waals surface area contributed by atoms with Crippen molar-refractivity contribution in [3.05, 3.63) is 23.4 Å². The molecule has 118 valence electrons. The van der Waals surface area contributed by atoms with Gasteiger partial charge in [-0.3, -0.25) is 4.90 Å². The van der Waals surface area contributed by atoms with Crippen LogP contribution in [0.5, 0.6) is 0 Å². The molecule has 0 aromatic carbocycles. The molecule has 4 nitrogen and oxygen atoms in total. The third-order valence-corrected chi connectivity index (χ3v) is 3.68. The largest absolute Gasteiger partial charge is 0.433 e. The summed E-state index contributed by atoms with van der Waals surface area (Å²) in [7, 11) is 0. The van der Waals surface area contributed by atoms with Gasteiger partial charge in [-0.2, -0.15) is 13.2 Å². The Labute approximate surface area is 122 Å². The molecule has 7 heteroatoms. The van der Waals surface area contributed by atoms with Crippen LogP contribution in [-0.2, 0) is 12.7 Å². The molecule has 2 rings (SSSR count). The van der Waals surface area contributed by atoms with E-state index in [2.05, 4.69) is 16.8 Å². The van der Waals surface area contributed by atoms with Gasteiger partial charge in [-0.15, -0.1) is 0 Å². The Morgan fingerprint density at radius 3 is 2.38 bits per heavy atom. The highest BCUT2D eigenvalue weighted by Crippen LogP contribution is 2.30. The Balaban J connectivity index is 2.18. The van der Waals surface area contributed by atoms with Crippen LogP contribution in [0.1, 0.15) is 24.6 Å². The van der Waals surface area contributed by atoms with E-state index in [1.807, 2.05) is 4.90 Å². The molecule has 0 saturated carbocycles. The predicted octanol–water partition coefficient (Wildman–Crippen LogP) is 2.09. The van der Waals surface area contributed by atoms with Crippen molar-refractivity contribution in [2.45, 2.75) is 26.1 Å². The van der Waals surface area contributed by atoms with Crippen molar-refractivity contribution in [2.75, 3.05) is 37.6 Å². The van der Waals surface area contributed by atoms with Gasteiger partial charge in [0, 0.05) is 38.3 Å². The molecule has 0 aliphatic carbocycles. The zero-order chi connectivity index (χ0) is 15.5. The number of nitrogens with two attached hydrogens (primary N) is 1. The number of alkyl halides is 3. The summed E-state index contributed by atoms with van der Waals surface area (Å²) in [5.74, 6) is 0.378. The van der Waals surface area contributed by atoms with E-state index in [0.717, 1.165) is 32.1 Å². The van der Waals surface area contributed by atoms with Crippen LogP contribution >= 0.6 is 0 Å². The lowest BCUT2D eigenvalue weighted by Gasteiger charge is -2.36. The minimum atomic E-state index is -4.42. The lowest BCUT2D eigenvalue weighted by molar-refractivity contribution is -0.141. The molecule has 0 radical (unpaired) electrons. The molecule has 0 atom stereocenters. The highest BCUT2D eigenvalue weighted by atomic mass is 19.4. The van der Waals surface area contributed by atoms with E-state index in [1.165, 1.54) is 6.07 Å². The summed E-state index contributed by atoms with van der Waals surface area (Å²) in [6.07, 6.45) is -3.35. The van der Waals surface area contributed by atoms with Gasteiger partial charge in [0.1, 0.15) is 11.5 Å². The van der Waals surface area contributed by atoms with Gasteiger partial charge in [0.25, 0.3) is 0 Å². The molecule has 2 N–H and O–H groups in total. The molecular weight excluding hydrogens is 281 g/mol. The molecule has 0 unspecified atom stereocenters. The zero-order valence-electron chi connectivity index (χ0n) is 12.2. The fraction of sp³-hybridized carbons (Fsp3) is 0.643. The van der Waals surface area contributed by atoms with Crippen LogP contribution in [0.3, 0.4) is 0 Å². The van der Waals surface area contributed by atoms with Crippen molar-refractivity contribution in [1.29, 1.82) is 0 Å². The molecule has 1 fully saturated rings. The second-order valence-corrected chi connectivity index (χ2v) is 5.21. The van der Waals surface area contributed by atoms with Gasteiger partial charge in [-0.05, 0) is 19.0 Å². The summed E-state index contributed by atoms with van der Waals surface area (Å²) in [5.41, 5.74) is 5.44. The van der Waals surface area contributed by atoms with Crippen LogP contribution in [0, 0.1) is 0 Å². The maximum absolute atomic E-state index is 12.8. The molecule has 1 aliphatic rings. The molecule has 1 aliphatic heterocycles. The third kappa shape index (κ3) is 3.85. The Morgan fingerprint density at radius 2 is 1.86 bits per heavy atom. The quantitative estimate of drug-likeness (QED) is 0.925. The number of rotatable bonds is 4. The number of aromatic nitrogens is 1. The van der Waals surface area contributed by atoms with Gasteiger partial charge in [-0.25, -0.2) is 4.98 Å². The summed E-state index contributed by atoms with van der Waals surface area (Å²) >= 11 is 0. The van der Waals surface area contributed by atoms with E-state index in [0.29, 0.717) is 24.5 Å². The Morgan fingerprint density at radius 1 is 1.19 bits per heavy atom. The summed E-state index contributed by atoms with van der Waals surface area (Å²) in [6, 6.07) is 2.43. The first kappa shape index (κ1) is 16.0. The average Bonchev–Trinajstić information content (AvgIpc) is 2.47. The van der Waals surface area contributed by atoms with Crippen LogP contribution in [0.15, 0.2) is 12.1 Å². The van der Waals surface area contributed by atoms with Gasteiger partial charge in [0.15, 0.2) is 0 Å². The fourth-order valence-electron chi connectivity index (χ4n) is 2.57. The highest BCUT2D eigenvalue weighted by molar-refractivity contribution is 5.48. The van der Waals surface area contributed by atoms with E-state index in [-0.39, 0.29) is 6.54 Å². The number of nitrogens with zero attached hydrogens (tertiary/aromatic N) is 3. The van der Waals surface area contributed by atoms with Crippen molar-refractivity contribution in [1.82, 2.24) is 9.88 Å². The van der Waals surface area contributed by atoms with Gasteiger partial charge < -0.3 is 10.6 Å². The summed E-state index contributed by atoms with van der Waals surface area (Å²) < 4.78 is 38.4. The lowest BCUT2D eigenvalue weighted by Crippen LogP contribution is -2.47. The second kappa shape index (κ2) is 6.62. The average molecular weight is 302 g/mol. The fourth-order valence-corrected chi connectivity index (χ4v) is 2.57. The molecule has 0 spiro atoms. The van der Waals surface area contributed by atoms with Gasteiger partial charge in [-0.1, -0.05) is 13.0 Å². The third-order valence-electron chi connectivity index (χ3n) is 3.68. The molecule has 2 heterocycles. The first-order valence-electron chi connectivity index (χ1n) is 7.20. The van der Waals surface area contributed by atoms with Crippen molar-refractivity contribution in [3.8, 4) is 0 Å². The van der Waals surface area contributed by atoms with Crippen molar-refractivity contribution in [3.63, 3.8) is 0 Å². The van der Waals surface area contributed by atoms with Crippen LogP contribution in [0.25, 0.3) is 0 Å². The number of piperazine rings is 1. The minimum absolute atomic E-state index is 0.190. The van der Waals surface area contributed by atoms with E-state index in [1.54, 1.807) is 0 Å². The summed E-state index contributed by atoms with van der Waals surface area (Å²) in [5, 5.41) is 0. The Bertz CT molecular complexity index is 468. The SMILES string of the molecule is CCCN1CCN(c2nc(C(F)(F)F)ccc2CN)CC1. The lowest BCUT2D eigenvalue weighted by atomic mass is 10.2. The smallest absolute Gasteiger partial charge is 0.354 e. The van der Waals surface area contributed by atoms with Gasteiger partial charge >= 0.3 is 6.18 Å². The number of hydrogen-bond donors (Lipinski definition) is 1. The molecule has 0 bridgehead atoms. The Hall–Kier alpha value is -1.34.